The number of imidazole rings is 2. The van der Waals surface area contributed by atoms with Crippen molar-refractivity contribution in [3.05, 3.63) is 36.4 Å². The van der Waals surface area contributed by atoms with Crippen molar-refractivity contribution in [1.82, 2.24) is 24.0 Å². The van der Waals surface area contributed by atoms with Crippen LogP contribution < -0.4 is 0 Å². The summed E-state index contributed by atoms with van der Waals surface area (Å²) in [5.41, 5.74) is 0. The highest BCUT2D eigenvalue weighted by Gasteiger charge is 2.13. The minimum Gasteiger partial charge on any atom is -0.338 e. The molecule has 0 aromatic carbocycles. The molecular formula is C22H39N5. The fourth-order valence-electron chi connectivity index (χ4n) is 3.77. The summed E-state index contributed by atoms with van der Waals surface area (Å²) < 4.78 is 4.28. The third-order valence-electron chi connectivity index (χ3n) is 5.65. The summed E-state index contributed by atoms with van der Waals surface area (Å²) in [5.74, 6) is 3.22. The highest BCUT2D eigenvalue weighted by Crippen LogP contribution is 2.15. The van der Waals surface area contributed by atoms with Crippen LogP contribution in [0.15, 0.2) is 24.8 Å². The standard InChI is InChI=1S/C22H39N5/c1-5-7-10-20(6-2)19-27(15-8-11-21-23-13-17-25(21)3)16-9-12-22-24-14-18-26(22)4/h13-14,17-18,20H,5-12,15-16,19H2,1-4H3. The van der Waals surface area contributed by atoms with Crippen molar-refractivity contribution in [3.8, 4) is 0 Å². The number of aryl methyl sites for hydroxylation is 4. The van der Waals surface area contributed by atoms with Crippen LogP contribution in [0.4, 0.5) is 0 Å². The number of nitrogens with zero attached hydrogens (tertiary/aromatic N) is 5. The number of hydrogen-bond acceptors (Lipinski definition) is 3. The second-order valence-electron chi connectivity index (χ2n) is 7.83. The Morgan fingerprint density at radius 3 is 1.85 bits per heavy atom. The molecule has 0 aliphatic rings. The summed E-state index contributed by atoms with van der Waals surface area (Å²) in [6, 6.07) is 0. The van der Waals surface area contributed by atoms with Gasteiger partial charge in [-0.15, -0.1) is 0 Å². The number of unbranched alkanes of at least 4 members (excludes halogenated alkanes) is 1. The Morgan fingerprint density at radius 1 is 0.889 bits per heavy atom. The number of aromatic nitrogens is 4. The topological polar surface area (TPSA) is 38.9 Å². The van der Waals surface area contributed by atoms with E-state index in [-0.39, 0.29) is 0 Å². The summed E-state index contributed by atoms with van der Waals surface area (Å²) in [7, 11) is 4.18. The van der Waals surface area contributed by atoms with Gasteiger partial charge in [-0.3, -0.25) is 0 Å². The minimum atomic E-state index is 0.825. The van der Waals surface area contributed by atoms with Crippen molar-refractivity contribution in [1.29, 1.82) is 0 Å². The quantitative estimate of drug-likeness (QED) is 0.497. The molecule has 0 bridgehead atoms. The fraction of sp³-hybridized carbons (Fsp3) is 0.727. The van der Waals surface area contributed by atoms with Crippen molar-refractivity contribution in [2.75, 3.05) is 19.6 Å². The maximum atomic E-state index is 4.47. The largest absolute Gasteiger partial charge is 0.338 e. The van der Waals surface area contributed by atoms with Crippen LogP contribution >= 0.6 is 0 Å². The first-order valence-corrected chi connectivity index (χ1v) is 10.8. The summed E-state index contributed by atoms with van der Waals surface area (Å²) in [6.45, 7) is 8.20. The number of rotatable bonds is 14. The van der Waals surface area contributed by atoms with Gasteiger partial charge in [-0.1, -0.05) is 33.1 Å². The molecule has 0 amide bonds. The van der Waals surface area contributed by atoms with E-state index in [1.54, 1.807) is 0 Å². The Balaban J connectivity index is 1.83. The lowest BCUT2D eigenvalue weighted by Crippen LogP contribution is -2.32. The maximum Gasteiger partial charge on any atom is 0.108 e. The molecule has 5 heteroatoms. The maximum absolute atomic E-state index is 4.47. The van der Waals surface area contributed by atoms with Crippen molar-refractivity contribution < 1.29 is 0 Å². The van der Waals surface area contributed by atoms with Crippen molar-refractivity contribution in [2.24, 2.45) is 20.0 Å². The highest BCUT2D eigenvalue weighted by atomic mass is 15.1. The summed E-state index contributed by atoms with van der Waals surface area (Å²) >= 11 is 0. The Labute approximate surface area is 165 Å². The predicted octanol–water partition coefficient (Wildman–Crippen LogP) is 4.24. The van der Waals surface area contributed by atoms with Gasteiger partial charge in [-0.05, 0) is 38.3 Å². The second kappa shape index (κ2) is 12.0. The molecule has 0 saturated carbocycles. The van der Waals surface area contributed by atoms with Crippen LogP contribution in [0.3, 0.4) is 0 Å². The van der Waals surface area contributed by atoms with Crippen LogP contribution in [0.2, 0.25) is 0 Å². The average Bonchev–Trinajstić information content (AvgIpc) is 3.26. The number of hydrogen-bond donors (Lipinski definition) is 0. The lowest BCUT2D eigenvalue weighted by atomic mass is 9.98. The van der Waals surface area contributed by atoms with Gasteiger partial charge in [-0.2, -0.15) is 0 Å². The molecule has 0 aliphatic carbocycles. The molecule has 2 heterocycles. The van der Waals surface area contributed by atoms with E-state index in [0.717, 1.165) is 31.8 Å². The van der Waals surface area contributed by atoms with E-state index < -0.39 is 0 Å². The summed E-state index contributed by atoms with van der Waals surface area (Å²) in [6.07, 6.45) is 17.7. The van der Waals surface area contributed by atoms with Gasteiger partial charge in [0, 0.05) is 58.3 Å². The first-order chi connectivity index (χ1) is 13.1. The summed E-state index contributed by atoms with van der Waals surface area (Å²) in [4.78, 5) is 11.6. The zero-order valence-corrected chi connectivity index (χ0v) is 17.9. The van der Waals surface area contributed by atoms with Crippen LogP contribution in [-0.4, -0.2) is 43.6 Å². The lowest BCUT2D eigenvalue weighted by Gasteiger charge is -2.27. The van der Waals surface area contributed by atoms with Gasteiger partial charge in [0.05, 0.1) is 0 Å². The van der Waals surface area contributed by atoms with Crippen LogP contribution in [-0.2, 0) is 26.9 Å². The van der Waals surface area contributed by atoms with Gasteiger partial charge in [0.1, 0.15) is 11.6 Å². The molecule has 27 heavy (non-hydrogen) atoms. The molecule has 0 N–H and O–H groups in total. The van der Waals surface area contributed by atoms with E-state index in [4.69, 9.17) is 0 Å². The molecule has 0 fully saturated rings. The zero-order chi connectivity index (χ0) is 19.5. The van der Waals surface area contributed by atoms with Crippen molar-refractivity contribution in [3.63, 3.8) is 0 Å². The molecule has 0 aliphatic heterocycles. The highest BCUT2D eigenvalue weighted by molar-refractivity contribution is 4.92. The Morgan fingerprint density at radius 2 is 1.44 bits per heavy atom. The Bertz CT molecular complexity index is 584. The lowest BCUT2D eigenvalue weighted by molar-refractivity contribution is 0.213. The van der Waals surface area contributed by atoms with E-state index in [1.807, 2.05) is 24.8 Å². The predicted molar refractivity (Wildman–Crippen MR) is 113 cm³/mol. The van der Waals surface area contributed by atoms with E-state index in [1.165, 1.54) is 56.7 Å². The van der Waals surface area contributed by atoms with Gasteiger partial charge in [0.2, 0.25) is 0 Å². The third kappa shape index (κ3) is 7.49. The molecule has 5 nitrogen and oxygen atoms in total. The van der Waals surface area contributed by atoms with Gasteiger partial charge in [-0.25, -0.2) is 9.97 Å². The molecule has 2 aromatic heterocycles. The van der Waals surface area contributed by atoms with E-state index in [0.29, 0.717) is 0 Å². The van der Waals surface area contributed by atoms with Crippen LogP contribution in [0.25, 0.3) is 0 Å². The monoisotopic (exact) mass is 373 g/mol. The molecular weight excluding hydrogens is 334 g/mol. The van der Waals surface area contributed by atoms with Crippen LogP contribution in [0.1, 0.15) is 64.0 Å². The third-order valence-corrected chi connectivity index (χ3v) is 5.65. The minimum absolute atomic E-state index is 0.825. The molecule has 1 atom stereocenters. The first kappa shape index (κ1) is 21.7. The molecule has 1 unspecified atom stereocenters. The fourth-order valence-corrected chi connectivity index (χ4v) is 3.77. The molecule has 0 spiro atoms. The molecule has 152 valence electrons. The second-order valence-corrected chi connectivity index (χ2v) is 7.83. The van der Waals surface area contributed by atoms with E-state index in [9.17, 15) is 0 Å². The first-order valence-electron chi connectivity index (χ1n) is 10.8. The Kier molecular flexibility index (Phi) is 9.60. The summed E-state index contributed by atoms with van der Waals surface area (Å²) in [5, 5.41) is 0. The van der Waals surface area contributed by atoms with Gasteiger partial charge < -0.3 is 14.0 Å². The van der Waals surface area contributed by atoms with Crippen molar-refractivity contribution in [2.45, 2.75) is 65.2 Å². The zero-order valence-electron chi connectivity index (χ0n) is 17.9. The van der Waals surface area contributed by atoms with Gasteiger partial charge >= 0.3 is 0 Å². The Hall–Kier alpha value is -1.62. The van der Waals surface area contributed by atoms with Gasteiger partial charge in [0.15, 0.2) is 0 Å². The van der Waals surface area contributed by atoms with E-state index >= 15 is 0 Å². The SMILES string of the molecule is CCCCC(CC)CN(CCCc1nccn1C)CCCc1nccn1C. The van der Waals surface area contributed by atoms with Crippen molar-refractivity contribution >= 4 is 0 Å². The van der Waals surface area contributed by atoms with E-state index in [2.05, 4.69) is 51.9 Å². The van der Waals surface area contributed by atoms with Crippen LogP contribution in [0, 0.1) is 5.92 Å². The smallest absolute Gasteiger partial charge is 0.108 e. The molecule has 2 rings (SSSR count). The van der Waals surface area contributed by atoms with Gasteiger partial charge in [0.25, 0.3) is 0 Å². The molecule has 0 radical (unpaired) electrons. The molecule has 0 saturated heterocycles. The normalized spacial score (nSPS) is 12.8. The molecule has 2 aromatic rings. The average molecular weight is 374 g/mol. The van der Waals surface area contributed by atoms with Crippen LogP contribution in [0.5, 0.6) is 0 Å².